The van der Waals surface area contributed by atoms with E-state index in [2.05, 4.69) is 10.2 Å². The molecule has 1 aliphatic heterocycles. The molecule has 0 saturated carbocycles. The van der Waals surface area contributed by atoms with Gasteiger partial charge in [0.1, 0.15) is 5.82 Å². The molecular formula is C16H25FN2O. The maximum Gasteiger partial charge on any atom is 0.123 e. The van der Waals surface area contributed by atoms with Gasteiger partial charge in [-0.3, -0.25) is 0 Å². The van der Waals surface area contributed by atoms with Crippen molar-refractivity contribution in [1.82, 2.24) is 5.32 Å². The first-order valence-corrected chi connectivity index (χ1v) is 7.43. The Bertz CT molecular complexity index is 462. The van der Waals surface area contributed by atoms with Crippen molar-refractivity contribution in [2.24, 2.45) is 0 Å². The lowest BCUT2D eigenvalue weighted by molar-refractivity contribution is 0.0448. The molecule has 0 aromatic heterocycles. The van der Waals surface area contributed by atoms with E-state index in [0.717, 1.165) is 37.2 Å². The Hall–Kier alpha value is -1.13. The Kier molecular flexibility index (Phi) is 4.66. The van der Waals surface area contributed by atoms with Crippen LogP contribution in [0.1, 0.15) is 45.2 Å². The second-order valence-electron chi connectivity index (χ2n) is 6.00. The molecule has 1 aromatic rings. The lowest BCUT2D eigenvalue weighted by Gasteiger charge is -2.39. The molecule has 1 fully saturated rings. The van der Waals surface area contributed by atoms with Gasteiger partial charge in [-0.25, -0.2) is 4.39 Å². The number of anilines is 1. The molecule has 2 atom stereocenters. The predicted octanol–water partition coefficient (Wildman–Crippen LogP) is 2.85. The number of rotatable bonds is 4. The Balaban J connectivity index is 2.30. The van der Waals surface area contributed by atoms with Crippen LogP contribution in [0.5, 0.6) is 0 Å². The highest BCUT2D eigenvalue weighted by Gasteiger charge is 2.30. The average Bonchev–Trinajstić information content (AvgIpc) is 2.37. The van der Waals surface area contributed by atoms with E-state index in [1.54, 1.807) is 6.07 Å². The Labute approximate surface area is 120 Å². The molecule has 1 aliphatic rings. The standard InChI is InChI=1S/C16H25FN2O/c1-4-18-12(2)14-10-13(17)6-7-15(14)19-9-5-8-16(3,20)11-19/h6-7,10,12,18,20H,4-5,8-9,11H2,1-3H3. The first-order chi connectivity index (χ1) is 9.43. The van der Waals surface area contributed by atoms with E-state index in [1.165, 1.54) is 6.07 Å². The van der Waals surface area contributed by atoms with Gasteiger partial charge in [0.05, 0.1) is 5.60 Å². The lowest BCUT2D eigenvalue weighted by Crippen LogP contribution is -2.46. The van der Waals surface area contributed by atoms with Crippen molar-refractivity contribution >= 4 is 5.69 Å². The summed E-state index contributed by atoms with van der Waals surface area (Å²) in [6.45, 7) is 8.31. The van der Waals surface area contributed by atoms with Gasteiger partial charge in [0.2, 0.25) is 0 Å². The number of halogens is 1. The fourth-order valence-corrected chi connectivity index (χ4v) is 3.00. The Morgan fingerprint density at radius 2 is 2.25 bits per heavy atom. The van der Waals surface area contributed by atoms with Crippen LogP contribution >= 0.6 is 0 Å². The number of nitrogens with zero attached hydrogens (tertiary/aromatic N) is 1. The first kappa shape index (κ1) is 15.3. The third kappa shape index (κ3) is 3.49. The van der Waals surface area contributed by atoms with E-state index < -0.39 is 5.60 Å². The molecule has 1 aromatic carbocycles. The van der Waals surface area contributed by atoms with Crippen LogP contribution in [0.4, 0.5) is 10.1 Å². The number of aliphatic hydroxyl groups is 1. The van der Waals surface area contributed by atoms with E-state index in [-0.39, 0.29) is 11.9 Å². The second kappa shape index (κ2) is 6.10. The van der Waals surface area contributed by atoms with Crippen molar-refractivity contribution in [1.29, 1.82) is 0 Å². The highest BCUT2D eigenvalue weighted by atomic mass is 19.1. The highest BCUT2D eigenvalue weighted by Crippen LogP contribution is 2.31. The topological polar surface area (TPSA) is 35.5 Å². The van der Waals surface area contributed by atoms with Crippen LogP contribution in [0.15, 0.2) is 18.2 Å². The van der Waals surface area contributed by atoms with E-state index in [0.29, 0.717) is 6.54 Å². The van der Waals surface area contributed by atoms with Gasteiger partial charge in [0.15, 0.2) is 0 Å². The van der Waals surface area contributed by atoms with E-state index in [1.807, 2.05) is 26.8 Å². The number of hydrogen-bond donors (Lipinski definition) is 2. The molecule has 2 rings (SSSR count). The molecule has 0 bridgehead atoms. The first-order valence-electron chi connectivity index (χ1n) is 7.43. The molecule has 4 heteroatoms. The number of benzene rings is 1. The monoisotopic (exact) mass is 280 g/mol. The van der Waals surface area contributed by atoms with Crippen LogP contribution in [0, 0.1) is 5.82 Å². The van der Waals surface area contributed by atoms with Crippen LogP contribution in [-0.2, 0) is 0 Å². The summed E-state index contributed by atoms with van der Waals surface area (Å²) >= 11 is 0. The number of nitrogens with one attached hydrogen (secondary N) is 1. The largest absolute Gasteiger partial charge is 0.388 e. The highest BCUT2D eigenvalue weighted by molar-refractivity contribution is 5.56. The second-order valence-corrected chi connectivity index (χ2v) is 6.00. The van der Waals surface area contributed by atoms with Crippen molar-refractivity contribution in [3.05, 3.63) is 29.6 Å². The summed E-state index contributed by atoms with van der Waals surface area (Å²) in [5, 5.41) is 13.6. The van der Waals surface area contributed by atoms with Crippen LogP contribution < -0.4 is 10.2 Å². The predicted molar refractivity (Wildman–Crippen MR) is 80.6 cm³/mol. The van der Waals surface area contributed by atoms with E-state index in [4.69, 9.17) is 0 Å². The molecule has 1 heterocycles. The summed E-state index contributed by atoms with van der Waals surface area (Å²) < 4.78 is 13.6. The maximum atomic E-state index is 13.6. The minimum Gasteiger partial charge on any atom is -0.388 e. The molecule has 3 nitrogen and oxygen atoms in total. The smallest absolute Gasteiger partial charge is 0.123 e. The fraction of sp³-hybridized carbons (Fsp3) is 0.625. The molecule has 20 heavy (non-hydrogen) atoms. The zero-order valence-electron chi connectivity index (χ0n) is 12.6. The van der Waals surface area contributed by atoms with Crippen LogP contribution in [0.25, 0.3) is 0 Å². The van der Waals surface area contributed by atoms with Crippen molar-refractivity contribution in [3.63, 3.8) is 0 Å². The number of hydrogen-bond acceptors (Lipinski definition) is 3. The number of piperidine rings is 1. The van der Waals surface area contributed by atoms with Gasteiger partial charge >= 0.3 is 0 Å². The van der Waals surface area contributed by atoms with Crippen molar-refractivity contribution < 1.29 is 9.50 Å². The van der Waals surface area contributed by atoms with E-state index in [9.17, 15) is 9.50 Å². The lowest BCUT2D eigenvalue weighted by atomic mass is 9.93. The van der Waals surface area contributed by atoms with Gasteiger partial charge in [-0.2, -0.15) is 0 Å². The van der Waals surface area contributed by atoms with Crippen LogP contribution in [0.3, 0.4) is 0 Å². The molecule has 0 amide bonds. The summed E-state index contributed by atoms with van der Waals surface area (Å²) in [7, 11) is 0. The Morgan fingerprint density at radius 3 is 2.90 bits per heavy atom. The third-order valence-corrected chi connectivity index (χ3v) is 3.98. The van der Waals surface area contributed by atoms with Crippen LogP contribution in [0.2, 0.25) is 0 Å². The molecule has 2 unspecified atom stereocenters. The molecule has 0 spiro atoms. The third-order valence-electron chi connectivity index (χ3n) is 3.98. The van der Waals surface area contributed by atoms with Gasteiger partial charge in [0.25, 0.3) is 0 Å². The fourth-order valence-electron chi connectivity index (χ4n) is 3.00. The summed E-state index contributed by atoms with van der Waals surface area (Å²) in [6, 6.07) is 5.03. The summed E-state index contributed by atoms with van der Waals surface area (Å²) in [4.78, 5) is 2.17. The zero-order valence-corrected chi connectivity index (χ0v) is 12.6. The Morgan fingerprint density at radius 1 is 1.50 bits per heavy atom. The molecule has 2 N–H and O–H groups in total. The van der Waals surface area contributed by atoms with Crippen molar-refractivity contribution in [2.45, 2.75) is 45.3 Å². The maximum absolute atomic E-state index is 13.6. The molecular weight excluding hydrogens is 255 g/mol. The van der Waals surface area contributed by atoms with Crippen LogP contribution in [-0.4, -0.2) is 30.3 Å². The molecule has 112 valence electrons. The summed E-state index contributed by atoms with van der Waals surface area (Å²) in [5.74, 6) is -0.211. The van der Waals surface area contributed by atoms with Gasteiger partial charge in [-0.1, -0.05) is 6.92 Å². The molecule has 1 saturated heterocycles. The minimum atomic E-state index is -0.661. The molecule has 0 aliphatic carbocycles. The van der Waals surface area contributed by atoms with Gasteiger partial charge in [0, 0.05) is 24.8 Å². The number of β-amino-alcohol motifs (C(OH)–C–C–N with tert-alkyl or cyclic N) is 1. The average molecular weight is 280 g/mol. The van der Waals surface area contributed by atoms with Gasteiger partial charge in [-0.15, -0.1) is 0 Å². The SMILES string of the molecule is CCNC(C)c1cc(F)ccc1N1CCCC(C)(O)C1. The van der Waals surface area contributed by atoms with Gasteiger partial charge in [-0.05, 0) is 57.0 Å². The zero-order chi connectivity index (χ0) is 14.8. The summed E-state index contributed by atoms with van der Waals surface area (Å²) in [5.41, 5.74) is 1.33. The minimum absolute atomic E-state index is 0.0950. The van der Waals surface area contributed by atoms with Gasteiger partial charge < -0.3 is 15.3 Å². The quantitative estimate of drug-likeness (QED) is 0.890. The van der Waals surface area contributed by atoms with Crippen molar-refractivity contribution in [3.8, 4) is 0 Å². The normalized spacial score (nSPS) is 24.8. The molecule has 0 radical (unpaired) electrons. The summed E-state index contributed by atoms with van der Waals surface area (Å²) in [6.07, 6.45) is 1.78. The van der Waals surface area contributed by atoms with E-state index >= 15 is 0 Å². The van der Waals surface area contributed by atoms with Crippen molar-refractivity contribution in [2.75, 3.05) is 24.5 Å².